The number of halogens is 2. The van der Waals surface area contributed by atoms with E-state index in [9.17, 15) is 9.18 Å². The van der Waals surface area contributed by atoms with Gasteiger partial charge >= 0.3 is 0 Å². The van der Waals surface area contributed by atoms with Gasteiger partial charge < -0.3 is 14.7 Å². The fourth-order valence-corrected chi connectivity index (χ4v) is 7.66. The minimum atomic E-state index is -0.401. The third-order valence-electron chi connectivity index (χ3n) is 10.0. The summed E-state index contributed by atoms with van der Waals surface area (Å²) in [6.07, 6.45) is 10.7. The summed E-state index contributed by atoms with van der Waals surface area (Å²) < 4.78 is 14.5. The van der Waals surface area contributed by atoms with Gasteiger partial charge in [-0.2, -0.15) is 0 Å². The van der Waals surface area contributed by atoms with Crippen LogP contribution in [0.3, 0.4) is 0 Å². The molecule has 40 heavy (non-hydrogen) atoms. The smallest absolute Gasteiger partial charge is 0.227 e. The Morgan fingerprint density at radius 1 is 0.975 bits per heavy atom. The van der Waals surface area contributed by atoms with Gasteiger partial charge in [-0.3, -0.25) is 4.79 Å². The van der Waals surface area contributed by atoms with Gasteiger partial charge in [0.15, 0.2) is 0 Å². The van der Waals surface area contributed by atoms with E-state index < -0.39 is 5.82 Å². The van der Waals surface area contributed by atoms with Crippen molar-refractivity contribution in [3.63, 3.8) is 0 Å². The molecule has 0 bridgehead atoms. The number of piperidine rings is 2. The third-order valence-corrected chi connectivity index (χ3v) is 10.4. The number of carbonyl (C=O) groups is 1. The first-order chi connectivity index (χ1) is 19.4. The second kappa shape index (κ2) is 13.4. The maximum atomic E-state index is 14.5. The van der Waals surface area contributed by atoms with Gasteiger partial charge in [-0.1, -0.05) is 56.1 Å². The number of carbonyl (C=O) groups excluding carboxylic acids is 1. The number of likely N-dealkylation sites (tertiary alicyclic amines) is 3. The van der Waals surface area contributed by atoms with E-state index in [2.05, 4.69) is 41.8 Å². The van der Waals surface area contributed by atoms with Crippen LogP contribution in [0.25, 0.3) is 0 Å². The van der Waals surface area contributed by atoms with Crippen molar-refractivity contribution in [1.82, 2.24) is 14.7 Å². The monoisotopic (exact) mass is 567 g/mol. The quantitative estimate of drug-likeness (QED) is 0.339. The molecule has 3 aliphatic rings. The van der Waals surface area contributed by atoms with Crippen molar-refractivity contribution in [2.45, 2.75) is 89.5 Å². The number of hydrogen-bond donors (Lipinski definition) is 0. The zero-order valence-electron chi connectivity index (χ0n) is 24.6. The first-order valence-electron chi connectivity index (χ1n) is 15.7. The van der Waals surface area contributed by atoms with Gasteiger partial charge in [-0.15, -0.1) is 0 Å². The van der Waals surface area contributed by atoms with E-state index >= 15 is 0 Å². The van der Waals surface area contributed by atoms with Crippen molar-refractivity contribution in [1.29, 1.82) is 0 Å². The molecule has 3 heterocycles. The van der Waals surface area contributed by atoms with Gasteiger partial charge in [-0.05, 0) is 113 Å². The first-order valence-corrected chi connectivity index (χ1v) is 16.1. The summed E-state index contributed by atoms with van der Waals surface area (Å²) in [5.74, 6) is -0.431. The summed E-state index contributed by atoms with van der Waals surface area (Å²) in [5, 5.41) is 0.328. The zero-order valence-corrected chi connectivity index (χ0v) is 25.3. The summed E-state index contributed by atoms with van der Waals surface area (Å²) in [7, 11) is 0. The zero-order chi connectivity index (χ0) is 28.1. The largest absolute Gasteiger partial charge is 0.341 e. The van der Waals surface area contributed by atoms with Crippen LogP contribution in [0.5, 0.6) is 0 Å². The van der Waals surface area contributed by atoms with E-state index in [4.69, 9.17) is 11.6 Å². The van der Waals surface area contributed by atoms with Gasteiger partial charge in [-0.25, -0.2) is 4.39 Å². The number of rotatable bonds is 9. The predicted octanol–water partition coefficient (Wildman–Crippen LogP) is 6.66. The topological polar surface area (TPSA) is 26.8 Å². The Hall–Kier alpha value is -1.95. The summed E-state index contributed by atoms with van der Waals surface area (Å²) in [6, 6.07) is 12.4. The van der Waals surface area contributed by atoms with Crippen molar-refractivity contribution in [2.75, 3.05) is 45.8 Å². The van der Waals surface area contributed by atoms with E-state index in [0.29, 0.717) is 23.7 Å². The van der Waals surface area contributed by atoms with Gasteiger partial charge in [0.05, 0.1) is 6.42 Å². The van der Waals surface area contributed by atoms with Crippen LogP contribution in [0.4, 0.5) is 4.39 Å². The summed E-state index contributed by atoms with van der Waals surface area (Å²) in [4.78, 5) is 20.8. The average molecular weight is 568 g/mol. The number of nitrogens with zero attached hydrogens (tertiary/aromatic N) is 3. The molecular weight excluding hydrogens is 521 g/mol. The molecule has 0 radical (unpaired) electrons. The maximum absolute atomic E-state index is 14.5. The predicted molar refractivity (Wildman–Crippen MR) is 163 cm³/mol. The molecule has 0 spiro atoms. The fraction of sp³-hybridized carbons (Fsp3) is 0.618. The lowest BCUT2D eigenvalue weighted by Gasteiger charge is -2.41. The van der Waals surface area contributed by atoms with Crippen LogP contribution in [0.1, 0.15) is 81.0 Å². The van der Waals surface area contributed by atoms with Crippen LogP contribution in [0.15, 0.2) is 36.4 Å². The lowest BCUT2D eigenvalue weighted by Crippen LogP contribution is -2.47. The molecule has 3 saturated heterocycles. The fourth-order valence-electron chi connectivity index (χ4n) is 7.43. The summed E-state index contributed by atoms with van der Waals surface area (Å²) in [5.41, 5.74) is 4.44. The Morgan fingerprint density at radius 3 is 2.42 bits per heavy atom. The van der Waals surface area contributed by atoms with Crippen molar-refractivity contribution < 1.29 is 9.18 Å². The SMILES string of the molecule is CCc1ccc(C2(CCN3CCC(N4CCCCC4)CC3)CCN(C(=O)Cc3c(F)cccc3Cl)C2)cc1CC. The molecule has 1 unspecified atom stereocenters. The van der Waals surface area contributed by atoms with E-state index in [1.54, 1.807) is 12.1 Å². The highest BCUT2D eigenvalue weighted by atomic mass is 35.5. The molecule has 6 heteroatoms. The molecule has 3 fully saturated rings. The number of benzene rings is 2. The van der Waals surface area contributed by atoms with Crippen LogP contribution in [0, 0.1) is 5.82 Å². The van der Waals surface area contributed by atoms with Crippen molar-refractivity contribution in [3.8, 4) is 0 Å². The number of amides is 1. The molecule has 2 aromatic rings. The second-order valence-electron chi connectivity index (χ2n) is 12.3. The second-order valence-corrected chi connectivity index (χ2v) is 12.7. The summed E-state index contributed by atoms with van der Waals surface area (Å²) in [6.45, 7) is 11.8. The van der Waals surface area contributed by atoms with E-state index in [1.807, 2.05) is 4.90 Å². The normalized spacial score (nSPS) is 23.1. The van der Waals surface area contributed by atoms with Crippen LogP contribution in [-0.4, -0.2) is 72.5 Å². The first kappa shape index (κ1) is 29.5. The molecule has 0 aromatic heterocycles. The standard InChI is InChI=1S/C34H47ClFN3O/c1-3-26-11-12-28(23-27(26)4-2)34(15-21-37-19-13-29(14-20-37)38-17-6-5-7-18-38)16-22-39(25-34)33(40)24-30-31(35)9-8-10-32(30)36/h8-12,23,29H,3-7,13-22,24-25H2,1-2H3. The molecule has 2 aromatic carbocycles. The highest BCUT2D eigenvalue weighted by molar-refractivity contribution is 6.31. The van der Waals surface area contributed by atoms with Crippen LogP contribution in [-0.2, 0) is 29.5 Å². The Kier molecular flexibility index (Phi) is 9.86. The van der Waals surface area contributed by atoms with Crippen LogP contribution < -0.4 is 0 Å². The lowest BCUT2D eigenvalue weighted by atomic mass is 9.75. The van der Waals surface area contributed by atoms with E-state index in [0.717, 1.165) is 38.3 Å². The number of aryl methyl sites for hydroxylation is 2. The Bertz CT molecular complexity index is 1140. The van der Waals surface area contributed by atoms with Crippen molar-refractivity contribution in [3.05, 3.63) is 69.5 Å². The molecular formula is C34H47ClFN3O. The van der Waals surface area contributed by atoms with Gasteiger partial charge in [0.25, 0.3) is 0 Å². The molecule has 0 aliphatic carbocycles. The average Bonchev–Trinajstić information content (AvgIpc) is 3.44. The highest BCUT2D eigenvalue weighted by Gasteiger charge is 2.42. The number of hydrogen-bond acceptors (Lipinski definition) is 3. The Labute approximate surface area is 245 Å². The molecule has 0 N–H and O–H groups in total. The molecule has 4 nitrogen and oxygen atoms in total. The molecule has 1 amide bonds. The minimum Gasteiger partial charge on any atom is -0.341 e. The Balaban J connectivity index is 1.29. The van der Waals surface area contributed by atoms with Gasteiger partial charge in [0, 0.05) is 35.1 Å². The molecule has 1 atom stereocenters. The lowest BCUT2D eigenvalue weighted by molar-refractivity contribution is -0.129. The van der Waals surface area contributed by atoms with E-state index in [-0.39, 0.29) is 17.7 Å². The molecule has 5 rings (SSSR count). The van der Waals surface area contributed by atoms with Crippen molar-refractivity contribution in [2.24, 2.45) is 0 Å². The minimum absolute atomic E-state index is 0.0145. The van der Waals surface area contributed by atoms with Gasteiger partial charge in [0.1, 0.15) is 5.82 Å². The van der Waals surface area contributed by atoms with Crippen molar-refractivity contribution >= 4 is 17.5 Å². The Morgan fingerprint density at radius 2 is 1.73 bits per heavy atom. The van der Waals surface area contributed by atoms with E-state index in [1.165, 1.54) is 81.0 Å². The molecule has 0 saturated carbocycles. The van der Waals surface area contributed by atoms with Crippen LogP contribution >= 0.6 is 11.6 Å². The van der Waals surface area contributed by atoms with Gasteiger partial charge in [0.2, 0.25) is 5.91 Å². The highest BCUT2D eigenvalue weighted by Crippen LogP contribution is 2.40. The maximum Gasteiger partial charge on any atom is 0.227 e. The molecule has 218 valence electrons. The summed E-state index contributed by atoms with van der Waals surface area (Å²) >= 11 is 6.27. The third kappa shape index (κ3) is 6.58. The molecule has 3 aliphatic heterocycles. The van der Waals surface area contributed by atoms with Crippen LogP contribution in [0.2, 0.25) is 5.02 Å².